The van der Waals surface area contributed by atoms with Crippen LogP contribution in [0.1, 0.15) is 12.8 Å². The second kappa shape index (κ2) is 5.44. The third-order valence-corrected chi connectivity index (χ3v) is 6.60. The topological polar surface area (TPSA) is 88.8 Å². The Morgan fingerprint density at radius 1 is 1.36 bits per heavy atom. The molecule has 0 bridgehead atoms. The van der Waals surface area contributed by atoms with Gasteiger partial charge in [0.15, 0.2) is 5.03 Å². The molecule has 1 N–H and O–H groups in total. The van der Waals surface area contributed by atoms with Gasteiger partial charge in [-0.15, -0.1) is 5.10 Å². The molecule has 22 heavy (non-hydrogen) atoms. The van der Waals surface area contributed by atoms with E-state index in [9.17, 15) is 8.42 Å². The van der Waals surface area contributed by atoms with E-state index < -0.39 is 10.0 Å². The summed E-state index contributed by atoms with van der Waals surface area (Å²) in [5.74, 6) is 0.729. The van der Waals surface area contributed by atoms with Gasteiger partial charge in [-0.2, -0.15) is 8.82 Å². The zero-order chi connectivity index (χ0) is 15.2. The molecular formula is C12H17N5O3S2. The number of rotatable bonds is 5. The highest BCUT2D eigenvalue weighted by Gasteiger charge is 2.30. The predicted molar refractivity (Wildman–Crippen MR) is 81.7 cm³/mol. The first-order chi connectivity index (χ1) is 10.6. The van der Waals surface area contributed by atoms with Gasteiger partial charge in [0.05, 0.1) is 19.4 Å². The summed E-state index contributed by atoms with van der Waals surface area (Å²) < 4.78 is 33.5. The first kappa shape index (κ1) is 14.4. The van der Waals surface area contributed by atoms with Crippen LogP contribution in [0.15, 0.2) is 11.2 Å². The summed E-state index contributed by atoms with van der Waals surface area (Å²) in [5, 5.41) is 8.46. The Labute approximate surface area is 132 Å². The van der Waals surface area contributed by atoms with Gasteiger partial charge in [0, 0.05) is 19.6 Å². The predicted octanol–water partition coefficient (Wildman–Crippen LogP) is 0.634. The van der Waals surface area contributed by atoms with Gasteiger partial charge in [0.2, 0.25) is 10.1 Å². The van der Waals surface area contributed by atoms with Gasteiger partial charge < -0.3 is 10.1 Å². The lowest BCUT2D eigenvalue weighted by atomic mass is 10.4. The van der Waals surface area contributed by atoms with Gasteiger partial charge in [0.1, 0.15) is 0 Å². The van der Waals surface area contributed by atoms with Crippen LogP contribution in [-0.2, 0) is 14.8 Å². The van der Waals surface area contributed by atoms with E-state index >= 15 is 0 Å². The second-order valence-electron chi connectivity index (χ2n) is 5.54. The number of ether oxygens (including phenoxy) is 1. The van der Waals surface area contributed by atoms with Crippen LogP contribution in [-0.4, -0.2) is 60.2 Å². The molecule has 0 atom stereocenters. The van der Waals surface area contributed by atoms with Crippen LogP contribution >= 0.6 is 11.3 Å². The number of fused-ring (bicyclic) bond motifs is 1. The Hall–Kier alpha value is -1.23. The van der Waals surface area contributed by atoms with Crippen molar-refractivity contribution in [2.75, 3.05) is 38.2 Å². The van der Waals surface area contributed by atoms with E-state index in [1.54, 1.807) is 0 Å². The molecule has 1 saturated heterocycles. The summed E-state index contributed by atoms with van der Waals surface area (Å²) in [6, 6.07) is 0. The SMILES string of the molecule is O=S(=O)(c1cnc2sc(NCC3CC3)nn12)N1CCOCC1. The molecule has 2 aliphatic rings. The fourth-order valence-corrected chi connectivity index (χ4v) is 4.66. The first-order valence-corrected chi connectivity index (χ1v) is 9.56. The van der Waals surface area contributed by atoms with E-state index in [4.69, 9.17) is 4.74 Å². The average Bonchev–Trinajstić information content (AvgIpc) is 3.13. The van der Waals surface area contributed by atoms with Crippen LogP contribution in [0.25, 0.3) is 4.96 Å². The monoisotopic (exact) mass is 343 g/mol. The highest BCUT2D eigenvalue weighted by atomic mass is 32.2. The lowest BCUT2D eigenvalue weighted by molar-refractivity contribution is 0.0729. The molecule has 2 aromatic rings. The molecule has 4 rings (SSSR count). The van der Waals surface area contributed by atoms with E-state index in [2.05, 4.69) is 15.4 Å². The number of aromatic nitrogens is 3. The van der Waals surface area contributed by atoms with Crippen molar-refractivity contribution in [3.05, 3.63) is 6.20 Å². The van der Waals surface area contributed by atoms with Crippen LogP contribution in [0.2, 0.25) is 0 Å². The van der Waals surface area contributed by atoms with Gasteiger partial charge in [-0.05, 0) is 18.8 Å². The summed E-state index contributed by atoms with van der Waals surface area (Å²) in [6.45, 7) is 2.47. The Morgan fingerprint density at radius 3 is 2.86 bits per heavy atom. The van der Waals surface area contributed by atoms with Gasteiger partial charge in [-0.25, -0.2) is 13.4 Å². The Bertz CT molecular complexity index is 774. The molecule has 120 valence electrons. The van der Waals surface area contributed by atoms with Gasteiger partial charge in [-0.1, -0.05) is 11.3 Å². The molecule has 10 heteroatoms. The minimum absolute atomic E-state index is 0.125. The van der Waals surface area contributed by atoms with Crippen LogP contribution in [0.3, 0.4) is 0 Å². The van der Waals surface area contributed by atoms with Gasteiger partial charge >= 0.3 is 0 Å². The molecule has 8 nitrogen and oxygen atoms in total. The molecule has 0 aromatic carbocycles. The maximum Gasteiger partial charge on any atom is 0.262 e. The molecule has 3 heterocycles. The number of anilines is 1. The van der Waals surface area contributed by atoms with Crippen LogP contribution in [0.4, 0.5) is 5.13 Å². The molecule has 0 spiro atoms. The molecule has 2 fully saturated rings. The summed E-state index contributed by atoms with van der Waals surface area (Å²) in [7, 11) is -3.58. The van der Waals surface area contributed by atoms with Crippen molar-refractivity contribution in [3.8, 4) is 0 Å². The molecular weight excluding hydrogens is 326 g/mol. The van der Waals surface area contributed by atoms with Crippen molar-refractivity contribution >= 4 is 31.5 Å². The molecule has 2 aromatic heterocycles. The molecule has 0 radical (unpaired) electrons. The largest absolute Gasteiger partial charge is 0.379 e. The Kier molecular flexibility index (Phi) is 3.56. The highest BCUT2D eigenvalue weighted by Crippen LogP contribution is 2.30. The fraction of sp³-hybridized carbons (Fsp3) is 0.667. The van der Waals surface area contributed by atoms with E-state index in [0.717, 1.165) is 12.5 Å². The van der Waals surface area contributed by atoms with Crippen LogP contribution in [0.5, 0.6) is 0 Å². The number of hydrogen-bond acceptors (Lipinski definition) is 7. The molecule has 1 aliphatic carbocycles. The van der Waals surface area contributed by atoms with Crippen molar-refractivity contribution in [1.29, 1.82) is 0 Å². The van der Waals surface area contributed by atoms with E-state index in [1.807, 2.05) is 0 Å². The minimum Gasteiger partial charge on any atom is -0.379 e. The maximum absolute atomic E-state index is 12.7. The number of imidazole rings is 1. The summed E-state index contributed by atoms with van der Waals surface area (Å²) in [6.07, 6.45) is 3.90. The first-order valence-electron chi connectivity index (χ1n) is 7.31. The van der Waals surface area contributed by atoms with Crippen LogP contribution < -0.4 is 5.32 Å². The van der Waals surface area contributed by atoms with Crippen molar-refractivity contribution < 1.29 is 13.2 Å². The highest BCUT2D eigenvalue weighted by molar-refractivity contribution is 7.89. The van der Waals surface area contributed by atoms with Gasteiger partial charge in [-0.3, -0.25) is 0 Å². The number of sulfonamides is 1. The number of nitrogens with one attached hydrogen (secondary N) is 1. The quantitative estimate of drug-likeness (QED) is 0.857. The molecule has 1 aliphatic heterocycles. The average molecular weight is 343 g/mol. The number of nitrogens with zero attached hydrogens (tertiary/aromatic N) is 4. The van der Waals surface area contributed by atoms with Crippen molar-refractivity contribution in [2.45, 2.75) is 17.9 Å². The summed E-state index contributed by atoms with van der Waals surface area (Å²) >= 11 is 1.37. The van der Waals surface area contributed by atoms with Gasteiger partial charge in [0.25, 0.3) is 10.0 Å². The zero-order valence-electron chi connectivity index (χ0n) is 11.9. The van der Waals surface area contributed by atoms with Crippen LogP contribution in [0, 0.1) is 5.92 Å². The normalized spacial score (nSPS) is 20.5. The lowest BCUT2D eigenvalue weighted by Gasteiger charge is -2.25. The Balaban J connectivity index is 1.62. The Morgan fingerprint density at radius 2 is 2.14 bits per heavy atom. The standard InChI is InChI=1S/C12H17N5O3S2/c18-22(19,16-3-5-20-6-4-16)10-8-14-12-17(10)15-11(21-12)13-7-9-1-2-9/h8-9H,1-7H2,(H,13,15). The van der Waals surface area contributed by atoms with Crippen molar-refractivity contribution in [2.24, 2.45) is 5.92 Å². The summed E-state index contributed by atoms with van der Waals surface area (Å²) in [4.78, 5) is 4.77. The van der Waals surface area contributed by atoms with Crippen molar-refractivity contribution in [3.63, 3.8) is 0 Å². The fourth-order valence-electron chi connectivity index (χ4n) is 2.39. The third-order valence-electron chi connectivity index (χ3n) is 3.87. The van der Waals surface area contributed by atoms with E-state index in [-0.39, 0.29) is 5.03 Å². The zero-order valence-corrected chi connectivity index (χ0v) is 13.6. The second-order valence-corrected chi connectivity index (χ2v) is 8.38. The van der Waals surface area contributed by atoms with E-state index in [1.165, 1.54) is 39.2 Å². The smallest absolute Gasteiger partial charge is 0.262 e. The summed E-state index contributed by atoms with van der Waals surface area (Å²) in [5.41, 5.74) is 0. The third kappa shape index (κ3) is 2.60. The number of hydrogen-bond donors (Lipinski definition) is 1. The maximum atomic E-state index is 12.7. The molecule has 0 amide bonds. The molecule has 1 saturated carbocycles. The number of morpholine rings is 1. The van der Waals surface area contributed by atoms with Crippen molar-refractivity contribution in [1.82, 2.24) is 18.9 Å². The minimum atomic E-state index is -3.58. The van der Waals surface area contributed by atoms with E-state index in [0.29, 0.717) is 36.4 Å². The lowest BCUT2D eigenvalue weighted by Crippen LogP contribution is -2.41. The molecule has 0 unspecified atom stereocenters.